The van der Waals surface area contributed by atoms with Gasteiger partial charge in [0.2, 0.25) is 5.76 Å². The smallest absolute Gasteiger partial charge is 0.348 e. The molecule has 5 nitrogen and oxygen atoms in total. The van der Waals surface area contributed by atoms with E-state index in [4.69, 9.17) is 19.4 Å². The Balaban J connectivity index is 2.67. The van der Waals surface area contributed by atoms with Crippen LogP contribution in [-0.2, 0) is 0 Å². The zero-order valence-corrected chi connectivity index (χ0v) is 10.8. The summed E-state index contributed by atoms with van der Waals surface area (Å²) in [5.41, 5.74) is -0.246. The third kappa shape index (κ3) is 1.55. The molecule has 2 heterocycles. The lowest BCUT2D eigenvalue weighted by atomic mass is 10.1. The summed E-state index contributed by atoms with van der Waals surface area (Å²) in [5, 5.41) is 18.5. The monoisotopic (exact) mass is 314 g/mol. The zero-order valence-electron chi connectivity index (χ0n) is 9.23. The van der Waals surface area contributed by atoms with Gasteiger partial charge in [0.15, 0.2) is 5.58 Å². The lowest BCUT2D eigenvalue weighted by Gasteiger charge is -1.97. The van der Waals surface area contributed by atoms with Gasteiger partial charge in [0.05, 0.1) is 5.39 Å². The van der Waals surface area contributed by atoms with E-state index < -0.39 is 5.63 Å². The fourth-order valence-electron chi connectivity index (χ4n) is 1.92. The summed E-state index contributed by atoms with van der Waals surface area (Å²) in [6.07, 6.45) is 0. The normalized spacial score (nSPS) is 10.5. The molecule has 1 aromatic carbocycles. The van der Waals surface area contributed by atoms with E-state index in [2.05, 4.69) is 15.9 Å². The Labute approximate surface area is 114 Å². The molecule has 2 aromatic heterocycles. The first-order valence-corrected chi connectivity index (χ1v) is 5.94. The minimum Gasteiger partial charge on any atom is -0.443 e. The maximum absolute atomic E-state index is 11.9. The average Bonchev–Trinajstić information content (AvgIpc) is 2.79. The fraction of sp³-hybridized carbons (Fsp3) is 0. The van der Waals surface area contributed by atoms with Crippen LogP contribution in [0.5, 0.6) is 0 Å². The van der Waals surface area contributed by atoms with E-state index in [1.807, 2.05) is 0 Å². The number of rotatable bonds is 0. The van der Waals surface area contributed by atoms with Crippen LogP contribution in [0.4, 0.5) is 0 Å². The van der Waals surface area contributed by atoms with E-state index in [0.29, 0.717) is 11.0 Å². The minimum atomic E-state index is -0.688. The van der Waals surface area contributed by atoms with Crippen molar-refractivity contribution < 1.29 is 8.83 Å². The quantitative estimate of drug-likeness (QED) is 0.595. The summed E-state index contributed by atoms with van der Waals surface area (Å²) in [5.74, 6) is -0.183. The van der Waals surface area contributed by atoms with Gasteiger partial charge >= 0.3 is 5.63 Å². The zero-order chi connectivity index (χ0) is 13.6. The van der Waals surface area contributed by atoms with Gasteiger partial charge in [0.25, 0.3) is 0 Å². The third-order valence-electron chi connectivity index (χ3n) is 2.71. The molecule has 3 rings (SSSR count). The standard InChI is InChI=1S/C13H3BrN2O3/c14-6-1-2-9-7(3-6)12-11(13(17)19-9)8(4-15)10(5-16)18-12/h1-3H. The van der Waals surface area contributed by atoms with Crippen molar-refractivity contribution in [3.63, 3.8) is 0 Å². The molecule has 0 aliphatic carbocycles. The molecule has 0 aliphatic rings. The molecule has 6 heteroatoms. The minimum absolute atomic E-state index is 0.00431. The SMILES string of the molecule is N#Cc1oc2c(c1C#N)c(=O)oc1ccc(Br)cc12. The average molecular weight is 315 g/mol. The maximum Gasteiger partial charge on any atom is 0.348 e. The second-order valence-corrected chi connectivity index (χ2v) is 4.68. The highest BCUT2D eigenvalue weighted by molar-refractivity contribution is 9.10. The van der Waals surface area contributed by atoms with Crippen molar-refractivity contribution in [3.05, 3.63) is 44.4 Å². The molecule has 0 radical (unpaired) electrons. The van der Waals surface area contributed by atoms with Crippen molar-refractivity contribution in [2.75, 3.05) is 0 Å². The van der Waals surface area contributed by atoms with Crippen molar-refractivity contribution >= 4 is 37.9 Å². The molecule has 3 aromatic rings. The molecule has 0 fully saturated rings. The van der Waals surface area contributed by atoms with Crippen LogP contribution < -0.4 is 5.63 Å². The van der Waals surface area contributed by atoms with Gasteiger partial charge in [-0.3, -0.25) is 0 Å². The first-order chi connectivity index (χ1) is 9.15. The van der Waals surface area contributed by atoms with E-state index >= 15 is 0 Å². The lowest BCUT2D eigenvalue weighted by Crippen LogP contribution is -1.99. The van der Waals surface area contributed by atoms with Crippen LogP contribution in [0.15, 0.2) is 36.3 Å². The van der Waals surface area contributed by atoms with E-state index in [0.717, 1.165) is 4.47 Å². The van der Waals surface area contributed by atoms with Crippen molar-refractivity contribution in [1.29, 1.82) is 10.5 Å². The number of hydrogen-bond acceptors (Lipinski definition) is 5. The van der Waals surface area contributed by atoms with Crippen LogP contribution in [0.2, 0.25) is 0 Å². The molecule has 19 heavy (non-hydrogen) atoms. The lowest BCUT2D eigenvalue weighted by molar-refractivity contribution is 0.563. The molecule has 0 spiro atoms. The van der Waals surface area contributed by atoms with Gasteiger partial charge in [-0.05, 0) is 18.2 Å². The largest absolute Gasteiger partial charge is 0.443 e. The van der Waals surface area contributed by atoms with Gasteiger partial charge in [-0.2, -0.15) is 10.5 Å². The number of benzene rings is 1. The first-order valence-electron chi connectivity index (χ1n) is 5.14. The Bertz CT molecular complexity index is 970. The molecule has 0 N–H and O–H groups in total. The molecular formula is C13H3BrN2O3. The summed E-state index contributed by atoms with van der Waals surface area (Å²) in [4.78, 5) is 11.9. The molecular weight excluding hydrogens is 312 g/mol. The summed E-state index contributed by atoms with van der Waals surface area (Å²) in [6.45, 7) is 0. The highest BCUT2D eigenvalue weighted by Crippen LogP contribution is 2.30. The number of nitriles is 2. The molecule has 0 unspecified atom stereocenters. The van der Waals surface area contributed by atoms with Crippen molar-refractivity contribution in [1.82, 2.24) is 0 Å². The second kappa shape index (κ2) is 3.98. The second-order valence-electron chi connectivity index (χ2n) is 3.76. The topological polar surface area (TPSA) is 90.9 Å². The highest BCUT2D eigenvalue weighted by atomic mass is 79.9. The van der Waals surface area contributed by atoms with Gasteiger partial charge in [-0.1, -0.05) is 15.9 Å². The van der Waals surface area contributed by atoms with Gasteiger partial charge in [-0.25, -0.2) is 4.79 Å². The predicted octanol–water partition coefficient (Wildman–Crippen LogP) is 3.05. The van der Waals surface area contributed by atoms with Crippen molar-refractivity contribution in [2.24, 2.45) is 0 Å². The van der Waals surface area contributed by atoms with Crippen LogP contribution in [0.1, 0.15) is 11.3 Å². The Kier molecular flexibility index (Phi) is 2.41. The van der Waals surface area contributed by atoms with E-state index in [9.17, 15) is 4.79 Å². The Hall–Kier alpha value is -2.57. The van der Waals surface area contributed by atoms with Gasteiger partial charge < -0.3 is 8.83 Å². The van der Waals surface area contributed by atoms with E-state index in [-0.39, 0.29) is 22.3 Å². The summed E-state index contributed by atoms with van der Waals surface area (Å²) in [7, 11) is 0. The summed E-state index contributed by atoms with van der Waals surface area (Å²) >= 11 is 3.30. The first kappa shape index (κ1) is 11.5. The van der Waals surface area contributed by atoms with Crippen LogP contribution >= 0.6 is 15.9 Å². The Morgan fingerprint density at radius 1 is 1.16 bits per heavy atom. The van der Waals surface area contributed by atoms with Crippen molar-refractivity contribution in [2.45, 2.75) is 0 Å². The molecule has 0 bridgehead atoms. The molecule has 0 aliphatic heterocycles. The maximum atomic E-state index is 11.9. The van der Waals surface area contributed by atoms with Gasteiger partial charge in [0, 0.05) is 4.47 Å². The molecule has 0 atom stereocenters. The van der Waals surface area contributed by atoms with E-state index in [1.165, 1.54) is 0 Å². The molecule has 0 saturated carbocycles. The van der Waals surface area contributed by atoms with Gasteiger partial charge in [-0.15, -0.1) is 0 Å². The molecule has 90 valence electrons. The number of nitrogens with zero attached hydrogens (tertiary/aromatic N) is 2. The van der Waals surface area contributed by atoms with E-state index in [1.54, 1.807) is 30.3 Å². The predicted molar refractivity (Wildman–Crippen MR) is 69.4 cm³/mol. The Morgan fingerprint density at radius 2 is 1.95 bits per heavy atom. The third-order valence-corrected chi connectivity index (χ3v) is 3.21. The molecule has 0 saturated heterocycles. The fourth-order valence-corrected chi connectivity index (χ4v) is 2.28. The van der Waals surface area contributed by atoms with Crippen LogP contribution in [0, 0.1) is 22.7 Å². The Morgan fingerprint density at radius 3 is 2.63 bits per heavy atom. The number of hydrogen-bond donors (Lipinski definition) is 0. The van der Waals surface area contributed by atoms with Crippen molar-refractivity contribution in [3.8, 4) is 12.1 Å². The number of halogens is 1. The number of fused-ring (bicyclic) bond motifs is 3. The summed E-state index contributed by atoms with van der Waals surface area (Å²) in [6, 6.07) is 8.59. The molecule has 0 amide bonds. The summed E-state index contributed by atoms with van der Waals surface area (Å²) < 4.78 is 11.2. The highest BCUT2D eigenvalue weighted by Gasteiger charge is 2.20. The van der Waals surface area contributed by atoms with Crippen LogP contribution in [-0.4, -0.2) is 0 Å². The van der Waals surface area contributed by atoms with Gasteiger partial charge in [0.1, 0.15) is 28.7 Å². The van der Waals surface area contributed by atoms with Crippen LogP contribution in [0.3, 0.4) is 0 Å². The van der Waals surface area contributed by atoms with Crippen LogP contribution in [0.25, 0.3) is 21.9 Å². The number of furan rings is 1.